The van der Waals surface area contributed by atoms with Crippen molar-refractivity contribution in [3.63, 3.8) is 0 Å². The summed E-state index contributed by atoms with van der Waals surface area (Å²) in [5.41, 5.74) is 2.48. The highest BCUT2D eigenvalue weighted by atomic mass is 35.5. The van der Waals surface area contributed by atoms with Gasteiger partial charge in [-0.05, 0) is 35.9 Å². The van der Waals surface area contributed by atoms with E-state index in [1.165, 1.54) is 28.4 Å². The molecule has 4 rings (SSSR count). The van der Waals surface area contributed by atoms with Crippen LogP contribution < -0.4 is 9.80 Å². The summed E-state index contributed by atoms with van der Waals surface area (Å²) in [4.78, 5) is 5.54. The molecule has 2 aromatic rings. The topological polar surface area (TPSA) is 8.88 Å². The maximum absolute atomic E-state index is 14.0. The van der Waals surface area contributed by atoms with Crippen LogP contribution in [-0.2, 0) is 6.42 Å². The van der Waals surface area contributed by atoms with E-state index in [1.807, 2.05) is 18.2 Å². The number of hydrogen-bond donors (Lipinski definition) is 2. The molecule has 1 fully saturated rings. The van der Waals surface area contributed by atoms with Gasteiger partial charge in [0.05, 0.1) is 7.05 Å². The number of fused-ring (bicyclic) bond motifs is 2. The van der Waals surface area contributed by atoms with Crippen LogP contribution in [0.3, 0.4) is 0 Å². The van der Waals surface area contributed by atoms with Crippen molar-refractivity contribution in [2.75, 3.05) is 33.2 Å². The van der Waals surface area contributed by atoms with Crippen LogP contribution in [0.5, 0.6) is 0 Å². The van der Waals surface area contributed by atoms with E-state index in [4.69, 9.17) is 11.6 Å². The molecule has 5 heteroatoms. The van der Waals surface area contributed by atoms with Gasteiger partial charge in [0.1, 0.15) is 38.0 Å². The van der Waals surface area contributed by atoms with Gasteiger partial charge in [-0.1, -0.05) is 29.4 Å². The lowest BCUT2D eigenvalue weighted by molar-refractivity contribution is -1.02. The van der Waals surface area contributed by atoms with Crippen LogP contribution >= 0.6 is 23.4 Å². The second-order valence-electron chi connectivity index (χ2n) is 6.91. The molecule has 2 heterocycles. The summed E-state index contributed by atoms with van der Waals surface area (Å²) >= 11 is 7.93. The molecule has 2 aliphatic rings. The third kappa shape index (κ3) is 3.21. The predicted molar refractivity (Wildman–Crippen MR) is 95.7 cm³/mol. The van der Waals surface area contributed by atoms with Crippen LogP contribution in [0.15, 0.2) is 46.2 Å². The smallest absolute Gasteiger partial charge is 0.127 e. The zero-order valence-corrected chi connectivity index (χ0v) is 15.3. The fraction of sp³-hybridized carbons (Fsp3) is 0.368. The summed E-state index contributed by atoms with van der Waals surface area (Å²) in [7, 11) is 2.25. The highest BCUT2D eigenvalue weighted by Crippen LogP contribution is 2.41. The van der Waals surface area contributed by atoms with Gasteiger partial charge >= 0.3 is 0 Å². The van der Waals surface area contributed by atoms with Crippen molar-refractivity contribution in [3.05, 3.63) is 58.4 Å². The highest BCUT2D eigenvalue weighted by Gasteiger charge is 2.33. The quantitative estimate of drug-likeness (QED) is 0.782. The molecule has 2 N–H and O–H groups in total. The van der Waals surface area contributed by atoms with Crippen LogP contribution in [0.25, 0.3) is 0 Å². The molecule has 24 heavy (non-hydrogen) atoms. The first-order valence-corrected chi connectivity index (χ1v) is 9.71. The largest absolute Gasteiger partial charge is 0.328 e. The van der Waals surface area contributed by atoms with Crippen molar-refractivity contribution in [2.45, 2.75) is 22.3 Å². The van der Waals surface area contributed by atoms with E-state index in [0.29, 0.717) is 6.04 Å². The molecule has 126 valence electrons. The molecule has 2 aliphatic heterocycles. The van der Waals surface area contributed by atoms with E-state index in [2.05, 4.69) is 13.1 Å². The molecule has 0 aliphatic carbocycles. The normalized spacial score (nSPS) is 26.4. The average Bonchev–Trinajstić information content (AvgIpc) is 2.72. The molecular formula is C19H22ClFN2S+2. The van der Waals surface area contributed by atoms with Gasteiger partial charge in [0.15, 0.2) is 0 Å². The molecule has 0 spiro atoms. The molecule has 0 radical (unpaired) electrons. The van der Waals surface area contributed by atoms with Crippen LogP contribution in [0.1, 0.15) is 17.2 Å². The lowest BCUT2D eigenvalue weighted by Gasteiger charge is -2.33. The molecule has 2 aromatic carbocycles. The van der Waals surface area contributed by atoms with Crippen molar-refractivity contribution in [1.29, 1.82) is 0 Å². The Kier molecular flexibility index (Phi) is 4.56. The van der Waals surface area contributed by atoms with Gasteiger partial charge in [-0.25, -0.2) is 4.39 Å². The Bertz CT molecular complexity index is 759. The third-order valence-corrected chi connectivity index (χ3v) is 6.69. The first kappa shape index (κ1) is 16.4. The Morgan fingerprint density at radius 1 is 1.04 bits per heavy atom. The number of halogens is 2. The fourth-order valence-corrected chi connectivity index (χ4v) is 5.23. The summed E-state index contributed by atoms with van der Waals surface area (Å²) in [5.74, 6) is -0.137. The second kappa shape index (κ2) is 6.68. The number of quaternary nitrogens is 2. The second-order valence-corrected chi connectivity index (χ2v) is 8.43. The van der Waals surface area contributed by atoms with E-state index < -0.39 is 0 Å². The monoisotopic (exact) mass is 364 g/mol. The van der Waals surface area contributed by atoms with E-state index in [9.17, 15) is 4.39 Å². The number of benzene rings is 2. The molecule has 0 unspecified atom stereocenters. The Labute approximate surface area is 151 Å². The molecule has 1 saturated heterocycles. The van der Waals surface area contributed by atoms with Crippen LogP contribution in [0.4, 0.5) is 4.39 Å². The van der Waals surface area contributed by atoms with Crippen LogP contribution in [0.2, 0.25) is 5.02 Å². The van der Waals surface area contributed by atoms with Gasteiger partial charge < -0.3 is 9.80 Å². The van der Waals surface area contributed by atoms with Gasteiger partial charge in [0, 0.05) is 26.8 Å². The minimum absolute atomic E-state index is 0.137. The summed E-state index contributed by atoms with van der Waals surface area (Å²) < 4.78 is 14.0. The number of likely N-dealkylation sites (N-methyl/N-ethyl adjacent to an activating group) is 1. The van der Waals surface area contributed by atoms with Crippen molar-refractivity contribution >= 4 is 23.4 Å². The van der Waals surface area contributed by atoms with Crippen LogP contribution in [0, 0.1) is 5.82 Å². The lowest BCUT2D eigenvalue weighted by Crippen LogP contribution is -3.27. The summed E-state index contributed by atoms with van der Waals surface area (Å²) in [6.45, 7) is 4.63. The van der Waals surface area contributed by atoms with E-state index in [-0.39, 0.29) is 5.82 Å². The Hall–Kier alpha value is -1.07. The van der Waals surface area contributed by atoms with Gasteiger partial charge in [-0.2, -0.15) is 0 Å². The summed E-state index contributed by atoms with van der Waals surface area (Å²) in [6.07, 6.45) is 0.949. The van der Waals surface area contributed by atoms with Crippen molar-refractivity contribution in [2.24, 2.45) is 0 Å². The first-order valence-electron chi connectivity index (χ1n) is 8.52. The molecule has 0 saturated carbocycles. The molecule has 1 atom stereocenters. The summed E-state index contributed by atoms with van der Waals surface area (Å²) in [5, 5.41) is 0.763. The van der Waals surface area contributed by atoms with Gasteiger partial charge in [0.2, 0.25) is 0 Å². The molecule has 0 amide bonds. The van der Waals surface area contributed by atoms with Crippen molar-refractivity contribution < 1.29 is 14.2 Å². The van der Waals surface area contributed by atoms with Crippen molar-refractivity contribution in [3.8, 4) is 0 Å². The predicted octanol–water partition coefficient (Wildman–Crippen LogP) is 1.64. The maximum Gasteiger partial charge on any atom is 0.127 e. The fourth-order valence-electron chi connectivity index (χ4n) is 3.84. The highest BCUT2D eigenvalue weighted by molar-refractivity contribution is 7.99. The van der Waals surface area contributed by atoms with Gasteiger partial charge in [0.25, 0.3) is 0 Å². The zero-order valence-electron chi connectivity index (χ0n) is 13.7. The Morgan fingerprint density at radius 2 is 1.83 bits per heavy atom. The van der Waals surface area contributed by atoms with Crippen molar-refractivity contribution in [1.82, 2.24) is 0 Å². The Balaban J connectivity index is 1.77. The number of hydrogen-bond acceptors (Lipinski definition) is 1. The molecule has 2 nitrogen and oxygen atoms in total. The molecule has 0 aromatic heterocycles. The Morgan fingerprint density at radius 3 is 2.62 bits per heavy atom. The lowest BCUT2D eigenvalue weighted by atomic mass is 9.96. The standard InChI is InChI=1S/C19H20ClFN2S/c1-22-6-8-23(9-7-22)17-10-13-2-3-14(20)11-19(13)24-18-5-4-15(21)12-16(17)18/h2-5,11-12,17H,6-10H2,1H3/p+2/t17-/m0/s1. The SMILES string of the molecule is C[NH+]1CC[NH+]([C@H]2Cc3ccc(Cl)cc3Sc3ccc(F)cc32)CC1. The van der Waals surface area contributed by atoms with Crippen LogP contribution in [-0.4, -0.2) is 33.2 Å². The van der Waals surface area contributed by atoms with Gasteiger partial charge in [-0.3, -0.25) is 0 Å². The van der Waals surface area contributed by atoms with E-state index in [1.54, 1.807) is 33.7 Å². The molecular weight excluding hydrogens is 343 g/mol. The molecule has 0 bridgehead atoms. The number of nitrogens with one attached hydrogen (secondary N) is 2. The maximum atomic E-state index is 14.0. The minimum atomic E-state index is -0.137. The average molecular weight is 365 g/mol. The number of rotatable bonds is 1. The zero-order chi connectivity index (χ0) is 16.7. The van der Waals surface area contributed by atoms with E-state index >= 15 is 0 Å². The number of piperazine rings is 1. The van der Waals surface area contributed by atoms with Gasteiger partial charge in [-0.15, -0.1) is 0 Å². The summed E-state index contributed by atoms with van der Waals surface area (Å²) in [6, 6.07) is 11.7. The first-order chi connectivity index (χ1) is 11.6. The van der Waals surface area contributed by atoms with E-state index in [0.717, 1.165) is 30.1 Å². The minimum Gasteiger partial charge on any atom is -0.328 e. The third-order valence-electron chi connectivity index (χ3n) is 5.26.